The molecule has 23 heavy (non-hydrogen) atoms. The predicted molar refractivity (Wildman–Crippen MR) is 85.6 cm³/mol. The highest BCUT2D eigenvalue weighted by atomic mass is 16.5. The lowest BCUT2D eigenvalue weighted by atomic mass is 10.1. The summed E-state index contributed by atoms with van der Waals surface area (Å²) in [4.78, 5) is 11.9. The molecule has 1 atom stereocenters. The summed E-state index contributed by atoms with van der Waals surface area (Å²) in [5, 5.41) is 11.9. The number of hydrogen-bond acceptors (Lipinski definition) is 4. The molecule has 0 saturated carbocycles. The molecule has 2 rings (SSSR count). The van der Waals surface area contributed by atoms with Crippen molar-refractivity contribution in [2.75, 3.05) is 13.7 Å². The highest BCUT2D eigenvalue weighted by Gasteiger charge is 2.17. The number of benzene rings is 2. The lowest BCUT2D eigenvalue weighted by Gasteiger charge is -2.15. The smallest absolute Gasteiger partial charge is 0.247 e. The number of rotatable bonds is 7. The van der Waals surface area contributed by atoms with Crippen molar-refractivity contribution in [3.63, 3.8) is 0 Å². The molecule has 0 aliphatic carbocycles. The number of carbonyl (C=O) groups is 1. The van der Waals surface area contributed by atoms with Crippen LogP contribution < -0.4 is 10.1 Å². The number of nitrogens with one attached hydrogen (secondary N) is 1. The largest absolute Gasteiger partial charge is 0.496 e. The van der Waals surface area contributed by atoms with Crippen LogP contribution in [-0.2, 0) is 16.1 Å². The molecule has 0 aliphatic rings. The highest BCUT2D eigenvalue weighted by molar-refractivity contribution is 5.78. The fourth-order valence-corrected chi connectivity index (χ4v) is 2.12. The number of para-hydroxylation sites is 1. The quantitative estimate of drug-likeness (QED) is 0.853. The van der Waals surface area contributed by atoms with Crippen molar-refractivity contribution in [3.05, 3.63) is 65.7 Å². The van der Waals surface area contributed by atoms with Gasteiger partial charge in [0, 0.05) is 5.56 Å². The van der Waals surface area contributed by atoms with Gasteiger partial charge in [0.25, 0.3) is 0 Å². The lowest BCUT2D eigenvalue weighted by molar-refractivity contribution is -0.126. The van der Waals surface area contributed by atoms with E-state index in [-0.39, 0.29) is 12.5 Å². The maximum absolute atomic E-state index is 11.9. The molecular formula is C18H18N2O3. The molecule has 1 N–H and O–H groups in total. The Hall–Kier alpha value is -2.84. The van der Waals surface area contributed by atoms with Crippen LogP contribution in [0.1, 0.15) is 17.2 Å². The van der Waals surface area contributed by atoms with Crippen molar-refractivity contribution in [1.82, 2.24) is 5.32 Å². The molecule has 0 heterocycles. The third-order valence-electron chi connectivity index (χ3n) is 3.23. The minimum absolute atomic E-state index is 0.109. The van der Waals surface area contributed by atoms with Gasteiger partial charge in [-0.1, -0.05) is 48.5 Å². The summed E-state index contributed by atoms with van der Waals surface area (Å²) in [6.45, 7) is 0.238. The van der Waals surface area contributed by atoms with E-state index < -0.39 is 6.04 Å². The first-order valence-electron chi connectivity index (χ1n) is 7.18. The molecule has 5 heteroatoms. The van der Waals surface area contributed by atoms with E-state index in [1.807, 2.05) is 36.4 Å². The molecule has 0 aliphatic heterocycles. The molecule has 0 fully saturated rings. The second-order valence-electron chi connectivity index (χ2n) is 4.85. The highest BCUT2D eigenvalue weighted by Crippen LogP contribution is 2.24. The normalized spacial score (nSPS) is 11.3. The Balaban J connectivity index is 1.89. The van der Waals surface area contributed by atoms with Crippen LogP contribution in [0.3, 0.4) is 0 Å². The third-order valence-corrected chi connectivity index (χ3v) is 3.23. The minimum atomic E-state index is -0.779. The van der Waals surface area contributed by atoms with Gasteiger partial charge < -0.3 is 14.8 Å². The van der Waals surface area contributed by atoms with Gasteiger partial charge in [0.1, 0.15) is 18.4 Å². The Kier molecular flexibility index (Phi) is 6.16. The Bertz CT molecular complexity index is 680. The van der Waals surface area contributed by atoms with Gasteiger partial charge in [-0.25, -0.2) is 0 Å². The van der Waals surface area contributed by atoms with Gasteiger partial charge in [0.05, 0.1) is 19.8 Å². The summed E-state index contributed by atoms with van der Waals surface area (Å²) in [6, 6.07) is 18.0. The van der Waals surface area contributed by atoms with E-state index in [0.717, 1.165) is 5.56 Å². The molecule has 5 nitrogen and oxygen atoms in total. The fraction of sp³-hybridized carbons (Fsp3) is 0.222. The monoisotopic (exact) mass is 310 g/mol. The van der Waals surface area contributed by atoms with Crippen LogP contribution in [0.25, 0.3) is 0 Å². The van der Waals surface area contributed by atoms with Crippen LogP contribution in [0, 0.1) is 11.3 Å². The van der Waals surface area contributed by atoms with Gasteiger partial charge in [-0.05, 0) is 11.6 Å². The topological polar surface area (TPSA) is 71.3 Å². The number of carbonyl (C=O) groups excluding carboxylic acids is 1. The minimum Gasteiger partial charge on any atom is -0.496 e. The summed E-state index contributed by atoms with van der Waals surface area (Å²) in [5.41, 5.74) is 1.61. The zero-order valence-corrected chi connectivity index (χ0v) is 12.9. The summed E-state index contributed by atoms with van der Waals surface area (Å²) < 4.78 is 10.6. The van der Waals surface area contributed by atoms with Crippen LogP contribution in [0.4, 0.5) is 0 Å². The maximum Gasteiger partial charge on any atom is 0.247 e. The maximum atomic E-state index is 11.9. The molecule has 2 aromatic rings. The number of nitriles is 1. The van der Waals surface area contributed by atoms with E-state index in [4.69, 9.17) is 9.47 Å². The Morgan fingerprint density at radius 2 is 1.87 bits per heavy atom. The molecule has 1 amide bonds. The van der Waals surface area contributed by atoms with Gasteiger partial charge in [-0.15, -0.1) is 0 Å². The molecule has 0 radical (unpaired) electrons. The van der Waals surface area contributed by atoms with Crippen LogP contribution in [0.5, 0.6) is 5.75 Å². The molecular weight excluding hydrogens is 292 g/mol. The number of amides is 1. The van der Waals surface area contributed by atoms with E-state index in [2.05, 4.69) is 11.4 Å². The average Bonchev–Trinajstić information content (AvgIpc) is 2.60. The first-order chi connectivity index (χ1) is 11.2. The number of hydrogen-bond donors (Lipinski definition) is 1. The van der Waals surface area contributed by atoms with E-state index in [9.17, 15) is 10.1 Å². The Labute approximate surface area is 135 Å². The van der Waals surface area contributed by atoms with Crippen LogP contribution in [-0.4, -0.2) is 19.6 Å². The summed E-state index contributed by atoms with van der Waals surface area (Å²) in [6.07, 6.45) is 0. The summed E-state index contributed by atoms with van der Waals surface area (Å²) in [5.74, 6) is 0.211. The van der Waals surface area contributed by atoms with Crippen molar-refractivity contribution in [2.45, 2.75) is 12.6 Å². The van der Waals surface area contributed by atoms with Crippen LogP contribution in [0.2, 0.25) is 0 Å². The summed E-state index contributed by atoms with van der Waals surface area (Å²) in [7, 11) is 1.53. The Morgan fingerprint density at radius 3 is 2.57 bits per heavy atom. The first-order valence-corrected chi connectivity index (χ1v) is 7.18. The summed E-state index contributed by atoms with van der Waals surface area (Å²) >= 11 is 0. The lowest BCUT2D eigenvalue weighted by Crippen LogP contribution is -2.31. The van der Waals surface area contributed by atoms with Gasteiger partial charge in [-0.3, -0.25) is 4.79 Å². The number of methoxy groups -OCH3 is 1. The molecule has 118 valence electrons. The van der Waals surface area contributed by atoms with Gasteiger partial charge in [-0.2, -0.15) is 5.26 Å². The zero-order chi connectivity index (χ0) is 16.5. The van der Waals surface area contributed by atoms with E-state index in [1.165, 1.54) is 7.11 Å². The third kappa shape index (κ3) is 4.83. The molecule has 0 spiro atoms. The second kappa shape index (κ2) is 8.57. The first kappa shape index (κ1) is 16.5. The Morgan fingerprint density at radius 1 is 1.17 bits per heavy atom. The molecule has 0 bridgehead atoms. The van der Waals surface area contributed by atoms with Gasteiger partial charge in [0.2, 0.25) is 5.91 Å². The van der Waals surface area contributed by atoms with E-state index >= 15 is 0 Å². The van der Waals surface area contributed by atoms with Crippen LogP contribution >= 0.6 is 0 Å². The van der Waals surface area contributed by atoms with Crippen molar-refractivity contribution in [2.24, 2.45) is 0 Å². The second-order valence-corrected chi connectivity index (χ2v) is 4.85. The standard InChI is InChI=1S/C18H18N2O3/c1-22-17-10-6-5-9-15(17)16(11-19)20-18(21)13-23-12-14-7-3-2-4-8-14/h2-10,16H,12-13H2,1H3,(H,20,21)/t16-/m0/s1. The van der Waals surface area contributed by atoms with Gasteiger partial charge >= 0.3 is 0 Å². The SMILES string of the molecule is COc1ccccc1[C@H](C#N)NC(=O)COCc1ccccc1. The molecule has 0 saturated heterocycles. The zero-order valence-electron chi connectivity index (χ0n) is 12.9. The van der Waals surface area contributed by atoms with E-state index in [0.29, 0.717) is 17.9 Å². The molecule has 0 aromatic heterocycles. The van der Waals surface area contributed by atoms with E-state index in [1.54, 1.807) is 18.2 Å². The van der Waals surface area contributed by atoms with Crippen molar-refractivity contribution in [1.29, 1.82) is 5.26 Å². The average molecular weight is 310 g/mol. The fourth-order valence-electron chi connectivity index (χ4n) is 2.12. The van der Waals surface area contributed by atoms with Gasteiger partial charge in [0.15, 0.2) is 0 Å². The van der Waals surface area contributed by atoms with Crippen molar-refractivity contribution in [3.8, 4) is 11.8 Å². The van der Waals surface area contributed by atoms with Crippen LogP contribution in [0.15, 0.2) is 54.6 Å². The van der Waals surface area contributed by atoms with Crippen molar-refractivity contribution < 1.29 is 14.3 Å². The molecule has 2 aromatic carbocycles. The molecule has 0 unspecified atom stereocenters. The van der Waals surface area contributed by atoms with Crippen molar-refractivity contribution >= 4 is 5.91 Å². The number of ether oxygens (including phenoxy) is 2. The number of nitrogens with zero attached hydrogens (tertiary/aromatic N) is 1. The predicted octanol–water partition coefficient (Wildman–Crippen LogP) is 2.59.